The summed E-state index contributed by atoms with van der Waals surface area (Å²) in [5.41, 5.74) is 0.970. The van der Waals surface area contributed by atoms with Crippen LogP contribution in [-0.4, -0.2) is 52.2 Å². The van der Waals surface area contributed by atoms with Gasteiger partial charge in [0.15, 0.2) is 0 Å². The van der Waals surface area contributed by atoms with E-state index in [4.69, 9.17) is 9.84 Å². The Bertz CT molecular complexity index is 953. The summed E-state index contributed by atoms with van der Waals surface area (Å²) in [6, 6.07) is 4.65. The van der Waals surface area contributed by atoms with Crippen molar-refractivity contribution in [1.82, 2.24) is 15.5 Å². The van der Waals surface area contributed by atoms with Crippen molar-refractivity contribution in [3.8, 4) is 0 Å². The van der Waals surface area contributed by atoms with Crippen LogP contribution in [0.5, 0.6) is 0 Å². The Morgan fingerprint density at radius 3 is 2.53 bits per heavy atom. The summed E-state index contributed by atoms with van der Waals surface area (Å²) in [4.78, 5) is 37.6. The van der Waals surface area contributed by atoms with Gasteiger partial charge in [0.2, 0.25) is 5.91 Å². The molecule has 0 saturated heterocycles. The van der Waals surface area contributed by atoms with Crippen LogP contribution in [0.2, 0.25) is 0 Å². The third-order valence-electron chi connectivity index (χ3n) is 7.56. The summed E-state index contributed by atoms with van der Waals surface area (Å²) in [7, 11) is 0. The number of nitrogens with one attached hydrogen (secondary N) is 2. The van der Waals surface area contributed by atoms with E-state index in [0.717, 1.165) is 43.2 Å². The first-order valence-corrected chi connectivity index (χ1v) is 11.2. The van der Waals surface area contributed by atoms with Gasteiger partial charge in [-0.1, -0.05) is 6.07 Å². The number of halogens is 1. The number of alkyl carbamates (subject to hydrolysis) is 1. The van der Waals surface area contributed by atoms with E-state index in [9.17, 15) is 18.8 Å². The van der Waals surface area contributed by atoms with Crippen molar-refractivity contribution in [2.75, 3.05) is 13.1 Å². The van der Waals surface area contributed by atoms with Crippen molar-refractivity contribution in [3.05, 3.63) is 35.1 Å². The molecular formula is C23H28FN3O5. The predicted octanol–water partition coefficient (Wildman–Crippen LogP) is 2.16. The average molecular weight is 445 g/mol. The third-order valence-corrected chi connectivity index (χ3v) is 7.56. The Labute approximate surface area is 185 Å². The number of benzene rings is 1. The van der Waals surface area contributed by atoms with E-state index < -0.39 is 24.2 Å². The molecule has 2 amide bonds. The van der Waals surface area contributed by atoms with Crippen LogP contribution in [0.4, 0.5) is 9.18 Å². The van der Waals surface area contributed by atoms with E-state index in [-0.39, 0.29) is 23.8 Å². The lowest BCUT2D eigenvalue weighted by Gasteiger charge is -2.61. The molecule has 4 aliphatic carbocycles. The Morgan fingerprint density at radius 1 is 1.09 bits per heavy atom. The van der Waals surface area contributed by atoms with Crippen LogP contribution in [-0.2, 0) is 27.4 Å². The normalized spacial score (nSPS) is 32.0. The standard InChI is InChI=1S/C23H28FN3O5/c24-18-2-1-16-11-27(12-17(16)4-18)19(28)9-26-22-5-14-3-15(6-22)8-23(7-14,13-22)32-21(31)25-10-20(29)30/h1-2,4,14-15,26H,3,5-13H2,(H,25,31)(H,29,30). The first-order chi connectivity index (χ1) is 15.2. The van der Waals surface area contributed by atoms with Crippen molar-refractivity contribution in [3.63, 3.8) is 0 Å². The Hall–Kier alpha value is -2.68. The largest absolute Gasteiger partial charge is 0.480 e. The topological polar surface area (TPSA) is 108 Å². The lowest BCUT2D eigenvalue weighted by molar-refractivity contribution is -0.149. The third kappa shape index (κ3) is 4.05. The van der Waals surface area contributed by atoms with Crippen molar-refractivity contribution in [1.29, 1.82) is 0 Å². The number of hydrogen-bond donors (Lipinski definition) is 3. The highest BCUT2D eigenvalue weighted by Crippen LogP contribution is 2.58. The van der Waals surface area contributed by atoms with Gasteiger partial charge in [0.05, 0.1) is 6.54 Å². The van der Waals surface area contributed by atoms with Crippen molar-refractivity contribution >= 4 is 18.0 Å². The van der Waals surface area contributed by atoms with Crippen LogP contribution in [0.1, 0.15) is 49.7 Å². The smallest absolute Gasteiger partial charge is 0.408 e. The molecule has 4 bridgehead atoms. The molecule has 6 rings (SSSR count). The number of rotatable bonds is 6. The molecule has 4 fully saturated rings. The monoisotopic (exact) mass is 445 g/mol. The number of ether oxygens (including phenoxy) is 1. The van der Waals surface area contributed by atoms with E-state index in [1.807, 2.05) is 0 Å². The second-order valence-corrected chi connectivity index (χ2v) is 10.1. The molecule has 1 aromatic carbocycles. The number of aliphatic carboxylic acids is 1. The second kappa shape index (κ2) is 7.72. The summed E-state index contributed by atoms with van der Waals surface area (Å²) in [6.45, 7) is 0.632. The van der Waals surface area contributed by atoms with Gasteiger partial charge < -0.3 is 25.4 Å². The lowest BCUT2D eigenvalue weighted by atomic mass is 9.51. The molecule has 9 heteroatoms. The maximum Gasteiger partial charge on any atom is 0.408 e. The molecule has 3 N–H and O–H groups in total. The zero-order valence-electron chi connectivity index (χ0n) is 17.9. The van der Waals surface area contributed by atoms with Gasteiger partial charge in [-0.15, -0.1) is 0 Å². The molecule has 2 atom stereocenters. The summed E-state index contributed by atoms with van der Waals surface area (Å²) in [5.74, 6) is -0.583. The van der Waals surface area contributed by atoms with Gasteiger partial charge in [-0.3, -0.25) is 9.59 Å². The molecule has 8 nitrogen and oxygen atoms in total. The van der Waals surface area contributed by atoms with Gasteiger partial charge in [-0.25, -0.2) is 9.18 Å². The second-order valence-electron chi connectivity index (χ2n) is 10.1. The van der Waals surface area contributed by atoms with Gasteiger partial charge in [-0.05, 0) is 67.2 Å². The SMILES string of the molecule is O=C(O)CNC(=O)OC12CC3CC(CC(NCC(=O)N4Cc5ccc(F)cc5C4)(C3)C1)C2. The molecule has 5 aliphatic rings. The minimum absolute atomic E-state index is 0.0217. The zero-order chi connectivity index (χ0) is 22.5. The van der Waals surface area contributed by atoms with Gasteiger partial charge in [-0.2, -0.15) is 0 Å². The van der Waals surface area contributed by atoms with Crippen LogP contribution >= 0.6 is 0 Å². The fraction of sp³-hybridized carbons (Fsp3) is 0.609. The number of amides is 2. The highest BCUT2D eigenvalue weighted by Gasteiger charge is 2.59. The maximum atomic E-state index is 13.5. The van der Waals surface area contributed by atoms with E-state index >= 15 is 0 Å². The molecule has 2 unspecified atom stereocenters. The van der Waals surface area contributed by atoms with Gasteiger partial charge in [0.1, 0.15) is 18.0 Å². The fourth-order valence-corrected chi connectivity index (χ4v) is 6.80. The minimum atomic E-state index is -1.11. The number of carboxylic acid groups (broad SMARTS) is 1. The average Bonchev–Trinajstić information content (AvgIpc) is 3.12. The molecule has 0 spiro atoms. The van der Waals surface area contributed by atoms with Crippen LogP contribution in [0.3, 0.4) is 0 Å². The first-order valence-electron chi connectivity index (χ1n) is 11.2. The molecule has 1 heterocycles. The molecule has 0 radical (unpaired) electrons. The summed E-state index contributed by atoms with van der Waals surface area (Å²) in [6.07, 6.45) is 4.51. The Morgan fingerprint density at radius 2 is 1.81 bits per heavy atom. The number of carbonyl (C=O) groups is 3. The number of hydrogen-bond acceptors (Lipinski definition) is 5. The quantitative estimate of drug-likeness (QED) is 0.619. The highest BCUT2D eigenvalue weighted by atomic mass is 19.1. The van der Waals surface area contributed by atoms with E-state index in [1.165, 1.54) is 12.1 Å². The molecule has 4 saturated carbocycles. The van der Waals surface area contributed by atoms with Crippen LogP contribution < -0.4 is 10.6 Å². The van der Waals surface area contributed by atoms with E-state index in [0.29, 0.717) is 31.3 Å². The van der Waals surface area contributed by atoms with E-state index in [2.05, 4.69) is 10.6 Å². The number of fused-ring (bicyclic) bond motifs is 1. The van der Waals surface area contributed by atoms with Crippen LogP contribution in [0.15, 0.2) is 18.2 Å². The van der Waals surface area contributed by atoms with Crippen molar-refractivity contribution < 1.29 is 28.6 Å². The van der Waals surface area contributed by atoms with Crippen LogP contribution in [0, 0.1) is 17.7 Å². The minimum Gasteiger partial charge on any atom is -0.480 e. The zero-order valence-corrected chi connectivity index (χ0v) is 17.9. The molecule has 1 aromatic rings. The highest BCUT2D eigenvalue weighted by molar-refractivity contribution is 5.79. The molecule has 0 aromatic heterocycles. The van der Waals surface area contributed by atoms with E-state index in [1.54, 1.807) is 11.0 Å². The Balaban J connectivity index is 1.22. The fourth-order valence-electron chi connectivity index (χ4n) is 6.80. The first kappa shape index (κ1) is 21.2. The molecule has 172 valence electrons. The van der Waals surface area contributed by atoms with Crippen LogP contribution in [0.25, 0.3) is 0 Å². The lowest BCUT2D eigenvalue weighted by Crippen LogP contribution is -2.66. The summed E-state index contributed by atoms with van der Waals surface area (Å²) in [5, 5.41) is 14.6. The predicted molar refractivity (Wildman–Crippen MR) is 111 cm³/mol. The summed E-state index contributed by atoms with van der Waals surface area (Å²) >= 11 is 0. The van der Waals surface area contributed by atoms with Gasteiger partial charge >= 0.3 is 12.1 Å². The van der Waals surface area contributed by atoms with Crippen molar-refractivity contribution in [2.24, 2.45) is 11.8 Å². The van der Waals surface area contributed by atoms with Gasteiger partial charge in [0.25, 0.3) is 0 Å². The number of nitrogens with zero attached hydrogens (tertiary/aromatic N) is 1. The summed E-state index contributed by atoms with van der Waals surface area (Å²) < 4.78 is 19.3. The number of carbonyl (C=O) groups excluding carboxylic acids is 2. The van der Waals surface area contributed by atoms with Crippen molar-refractivity contribution in [2.45, 2.75) is 62.8 Å². The number of carboxylic acids is 1. The molecule has 1 aliphatic heterocycles. The molecule has 32 heavy (non-hydrogen) atoms. The Kier molecular flexibility index (Phi) is 5.11. The van der Waals surface area contributed by atoms with Gasteiger partial charge in [0, 0.05) is 25.0 Å². The molecular weight excluding hydrogens is 417 g/mol. The maximum absolute atomic E-state index is 13.5.